The van der Waals surface area contributed by atoms with E-state index in [1.165, 1.54) is 36.3 Å². The lowest BCUT2D eigenvalue weighted by Gasteiger charge is -2.20. The Labute approximate surface area is 121 Å². The first-order valence-electron chi connectivity index (χ1n) is 7.40. The average molecular weight is 281 g/mol. The van der Waals surface area contributed by atoms with Crippen LogP contribution in [0.5, 0.6) is 0 Å². The van der Waals surface area contributed by atoms with Crippen LogP contribution in [0, 0.1) is 13.8 Å². The molecule has 0 spiro atoms. The third-order valence-corrected chi connectivity index (χ3v) is 5.50. The zero-order chi connectivity index (χ0) is 14.0. The number of aryl methyl sites for hydroxylation is 2. The molecular weight excluding hydrogens is 254 g/mol. The molecule has 1 N–H and O–H groups in total. The predicted octanol–water partition coefficient (Wildman–Crippen LogP) is 3.36. The van der Waals surface area contributed by atoms with Crippen LogP contribution in [-0.2, 0) is 7.05 Å². The van der Waals surface area contributed by atoms with Gasteiger partial charge in [0, 0.05) is 35.6 Å². The lowest BCUT2D eigenvalue weighted by Crippen LogP contribution is -2.30. The first kappa shape index (κ1) is 14.9. The predicted molar refractivity (Wildman–Crippen MR) is 83.8 cm³/mol. The first-order valence-corrected chi connectivity index (χ1v) is 8.45. The number of hydrogen-bond acceptors (Lipinski definition) is 3. The van der Waals surface area contributed by atoms with Crippen molar-refractivity contribution in [3.05, 3.63) is 17.0 Å². The summed E-state index contributed by atoms with van der Waals surface area (Å²) in [6.45, 7) is 8.82. The van der Waals surface area contributed by atoms with Crippen LogP contribution in [0.25, 0.3) is 0 Å². The van der Waals surface area contributed by atoms with E-state index in [0.29, 0.717) is 12.1 Å². The standard InChI is InChI=1S/C15H27N3S/c1-6-19-14-8-7-13(9-14)16-10(2)15-11(3)17-18(5)12(15)4/h10,13-14,16H,6-9H2,1-5H3. The normalized spacial score (nSPS) is 24.9. The summed E-state index contributed by atoms with van der Waals surface area (Å²) in [4.78, 5) is 0. The summed E-state index contributed by atoms with van der Waals surface area (Å²) < 4.78 is 1.99. The maximum absolute atomic E-state index is 4.52. The summed E-state index contributed by atoms with van der Waals surface area (Å²) in [7, 11) is 2.03. The number of nitrogens with one attached hydrogen (secondary N) is 1. The van der Waals surface area contributed by atoms with Crippen molar-refractivity contribution < 1.29 is 0 Å². The van der Waals surface area contributed by atoms with Gasteiger partial charge in [0.2, 0.25) is 0 Å². The Morgan fingerprint density at radius 2 is 2.16 bits per heavy atom. The van der Waals surface area contributed by atoms with Crippen LogP contribution >= 0.6 is 11.8 Å². The molecule has 1 heterocycles. The van der Waals surface area contributed by atoms with Crippen molar-refractivity contribution >= 4 is 11.8 Å². The Kier molecular flexibility index (Phi) is 4.96. The van der Waals surface area contributed by atoms with E-state index in [-0.39, 0.29) is 0 Å². The second-order valence-corrected chi connectivity index (χ2v) is 7.26. The molecule has 1 aromatic heterocycles. The topological polar surface area (TPSA) is 29.9 Å². The maximum atomic E-state index is 4.52. The third kappa shape index (κ3) is 3.34. The fourth-order valence-electron chi connectivity index (χ4n) is 3.33. The van der Waals surface area contributed by atoms with E-state index in [4.69, 9.17) is 0 Å². The minimum Gasteiger partial charge on any atom is -0.307 e. The zero-order valence-electron chi connectivity index (χ0n) is 12.9. The van der Waals surface area contributed by atoms with Gasteiger partial charge in [-0.3, -0.25) is 4.68 Å². The fourth-order valence-corrected chi connectivity index (χ4v) is 4.47. The highest BCUT2D eigenvalue weighted by molar-refractivity contribution is 7.99. The van der Waals surface area contributed by atoms with Crippen LogP contribution < -0.4 is 5.32 Å². The largest absolute Gasteiger partial charge is 0.307 e. The minimum atomic E-state index is 0.407. The lowest BCUT2D eigenvalue weighted by molar-refractivity contribution is 0.459. The Balaban J connectivity index is 1.96. The molecule has 3 unspecified atom stereocenters. The molecular formula is C15H27N3S. The molecule has 3 nitrogen and oxygen atoms in total. The molecule has 4 heteroatoms. The number of hydrogen-bond donors (Lipinski definition) is 1. The van der Waals surface area contributed by atoms with Crippen LogP contribution in [0.15, 0.2) is 0 Å². The third-order valence-electron chi connectivity index (χ3n) is 4.27. The molecule has 0 bridgehead atoms. The number of thioether (sulfide) groups is 1. The molecule has 0 aromatic carbocycles. The molecule has 0 radical (unpaired) electrons. The number of nitrogens with zero attached hydrogens (tertiary/aromatic N) is 2. The van der Waals surface area contributed by atoms with E-state index in [1.807, 2.05) is 11.7 Å². The Morgan fingerprint density at radius 3 is 2.74 bits per heavy atom. The van der Waals surface area contributed by atoms with Gasteiger partial charge in [-0.05, 0) is 45.8 Å². The highest BCUT2D eigenvalue weighted by atomic mass is 32.2. The summed E-state index contributed by atoms with van der Waals surface area (Å²) in [5, 5.41) is 9.20. The Hall–Kier alpha value is -0.480. The Morgan fingerprint density at radius 1 is 1.42 bits per heavy atom. The van der Waals surface area contributed by atoms with Crippen molar-refractivity contribution in [3.8, 4) is 0 Å². The summed E-state index contributed by atoms with van der Waals surface area (Å²) in [6, 6.07) is 1.09. The summed E-state index contributed by atoms with van der Waals surface area (Å²) in [6.07, 6.45) is 4.01. The van der Waals surface area contributed by atoms with Gasteiger partial charge >= 0.3 is 0 Å². The zero-order valence-corrected chi connectivity index (χ0v) is 13.7. The summed E-state index contributed by atoms with van der Waals surface area (Å²) in [5.74, 6) is 1.24. The monoisotopic (exact) mass is 281 g/mol. The molecule has 108 valence electrons. The van der Waals surface area contributed by atoms with Gasteiger partial charge in [-0.1, -0.05) is 6.92 Å². The van der Waals surface area contributed by atoms with Crippen LogP contribution in [0.2, 0.25) is 0 Å². The van der Waals surface area contributed by atoms with Crippen molar-refractivity contribution in [2.24, 2.45) is 7.05 Å². The average Bonchev–Trinajstić information content (AvgIpc) is 2.86. The Bertz CT molecular complexity index is 427. The molecule has 1 aliphatic carbocycles. The van der Waals surface area contributed by atoms with Crippen molar-refractivity contribution in [2.45, 2.75) is 64.3 Å². The van der Waals surface area contributed by atoms with Crippen molar-refractivity contribution in [3.63, 3.8) is 0 Å². The van der Waals surface area contributed by atoms with Gasteiger partial charge in [-0.15, -0.1) is 0 Å². The van der Waals surface area contributed by atoms with E-state index in [1.54, 1.807) is 0 Å². The van der Waals surface area contributed by atoms with Crippen LogP contribution in [0.4, 0.5) is 0 Å². The van der Waals surface area contributed by atoms with Gasteiger partial charge in [-0.2, -0.15) is 16.9 Å². The van der Waals surface area contributed by atoms with Crippen LogP contribution in [-0.4, -0.2) is 26.8 Å². The first-order chi connectivity index (χ1) is 9.02. The van der Waals surface area contributed by atoms with E-state index in [0.717, 1.165) is 10.9 Å². The van der Waals surface area contributed by atoms with Gasteiger partial charge in [0.25, 0.3) is 0 Å². The van der Waals surface area contributed by atoms with Gasteiger partial charge < -0.3 is 5.32 Å². The van der Waals surface area contributed by atoms with E-state index in [9.17, 15) is 0 Å². The maximum Gasteiger partial charge on any atom is 0.0644 e. The minimum absolute atomic E-state index is 0.407. The second kappa shape index (κ2) is 6.31. The van der Waals surface area contributed by atoms with Crippen LogP contribution in [0.3, 0.4) is 0 Å². The highest BCUT2D eigenvalue weighted by Crippen LogP contribution is 2.31. The fraction of sp³-hybridized carbons (Fsp3) is 0.800. The quantitative estimate of drug-likeness (QED) is 0.897. The molecule has 1 saturated carbocycles. The van der Waals surface area contributed by atoms with Crippen molar-refractivity contribution in [1.29, 1.82) is 0 Å². The smallest absolute Gasteiger partial charge is 0.0644 e. The van der Waals surface area contributed by atoms with Gasteiger partial charge in [0.15, 0.2) is 0 Å². The SMILES string of the molecule is CCSC1CCC(NC(C)c2c(C)nn(C)c2C)C1. The van der Waals surface area contributed by atoms with E-state index in [2.05, 4.69) is 49.9 Å². The number of rotatable bonds is 5. The lowest BCUT2D eigenvalue weighted by atomic mass is 10.1. The molecule has 1 aromatic rings. The van der Waals surface area contributed by atoms with Gasteiger partial charge in [0.05, 0.1) is 5.69 Å². The highest BCUT2D eigenvalue weighted by Gasteiger charge is 2.27. The molecule has 0 saturated heterocycles. The molecule has 0 aliphatic heterocycles. The van der Waals surface area contributed by atoms with Crippen molar-refractivity contribution in [2.75, 3.05) is 5.75 Å². The molecule has 1 fully saturated rings. The summed E-state index contributed by atoms with van der Waals surface area (Å²) >= 11 is 2.12. The second-order valence-electron chi connectivity index (χ2n) is 5.68. The summed E-state index contributed by atoms with van der Waals surface area (Å²) in [5.41, 5.74) is 3.83. The van der Waals surface area contributed by atoms with Gasteiger partial charge in [-0.25, -0.2) is 0 Å². The van der Waals surface area contributed by atoms with E-state index >= 15 is 0 Å². The van der Waals surface area contributed by atoms with Crippen molar-refractivity contribution in [1.82, 2.24) is 15.1 Å². The van der Waals surface area contributed by atoms with Gasteiger partial charge in [0.1, 0.15) is 0 Å². The number of aromatic nitrogens is 2. The molecule has 3 atom stereocenters. The molecule has 1 aliphatic rings. The molecule has 0 amide bonds. The molecule has 19 heavy (non-hydrogen) atoms. The molecule has 2 rings (SSSR count). The van der Waals surface area contributed by atoms with Crippen LogP contribution in [0.1, 0.15) is 56.1 Å². The van der Waals surface area contributed by atoms with E-state index < -0.39 is 0 Å².